The lowest BCUT2D eigenvalue weighted by molar-refractivity contribution is -0.137. The van der Waals surface area contributed by atoms with Crippen LogP contribution in [0.2, 0.25) is 5.02 Å². The van der Waals surface area contributed by atoms with Gasteiger partial charge in [0.25, 0.3) is 10.0 Å². The average Bonchev–Trinajstić information content (AvgIpc) is 2.75. The highest BCUT2D eigenvalue weighted by Gasteiger charge is 2.35. The third kappa shape index (κ3) is 4.24. The van der Waals surface area contributed by atoms with Crippen LogP contribution in [-0.2, 0) is 16.2 Å². The van der Waals surface area contributed by atoms with E-state index in [-0.39, 0.29) is 40.7 Å². The van der Waals surface area contributed by atoms with Crippen molar-refractivity contribution in [2.45, 2.75) is 18.0 Å². The number of benzene rings is 3. The first kappa shape index (κ1) is 23.3. The van der Waals surface area contributed by atoms with Gasteiger partial charge in [0.15, 0.2) is 11.6 Å². The molecule has 1 aliphatic rings. The Bertz CT molecular complexity index is 1360. The summed E-state index contributed by atoms with van der Waals surface area (Å²) >= 11 is 6.26. The molecule has 0 aliphatic carbocycles. The molecule has 4 nitrogen and oxygen atoms in total. The van der Waals surface area contributed by atoms with Crippen LogP contribution in [-0.4, -0.2) is 21.6 Å². The Kier molecular flexibility index (Phi) is 5.78. The largest absolute Gasteiger partial charge is 0.486 e. The lowest BCUT2D eigenvalue weighted by Gasteiger charge is -2.31. The number of aryl methyl sites for hydroxylation is 1. The summed E-state index contributed by atoms with van der Waals surface area (Å²) < 4.78 is 101. The molecular weight excluding hydrogens is 489 g/mol. The summed E-state index contributed by atoms with van der Waals surface area (Å²) in [5.41, 5.74) is -0.786. The molecule has 0 amide bonds. The summed E-state index contributed by atoms with van der Waals surface area (Å²) in [6, 6.07) is 7.80. The first-order valence-corrected chi connectivity index (χ1v) is 11.3. The number of sulfonamides is 1. The highest BCUT2D eigenvalue weighted by molar-refractivity contribution is 7.92. The van der Waals surface area contributed by atoms with E-state index in [4.69, 9.17) is 16.3 Å². The number of rotatable bonds is 3. The van der Waals surface area contributed by atoms with E-state index < -0.39 is 38.3 Å². The van der Waals surface area contributed by atoms with Crippen molar-refractivity contribution in [3.05, 3.63) is 76.3 Å². The number of ether oxygens (including phenoxy) is 1. The van der Waals surface area contributed by atoms with E-state index in [1.165, 1.54) is 12.1 Å². The van der Waals surface area contributed by atoms with Crippen LogP contribution in [0, 0.1) is 18.6 Å². The molecule has 0 unspecified atom stereocenters. The quantitative estimate of drug-likeness (QED) is 0.400. The van der Waals surface area contributed by atoms with Crippen LogP contribution in [0.3, 0.4) is 0 Å². The van der Waals surface area contributed by atoms with Crippen LogP contribution in [0.5, 0.6) is 5.75 Å². The molecule has 0 aromatic heterocycles. The van der Waals surface area contributed by atoms with Crippen molar-refractivity contribution in [3.8, 4) is 16.9 Å². The number of fused-ring (bicyclic) bond motifs is 1. The van der Waals surface area contributed by atoms with E-state index in [1.807, 2.05) is 0 Å². The SMILES string of the molecule is Cc1cc(F)cc(-c2cc(F)c3c(c2)N(S(=O)(=O)c2cccc(C(F)(F)F)c2)CCO3)c1Cl. The molecule has 0 N–H and O–H groups in total. The maximum Gasteiger partial charge on any atom is 0.416 e. The van der Waals surface area contributed by atoms with Gasteiger partial charge >= 0.3 is 6.18 Å². The fraction of sp³-hybridized carbons (Fsp3) is 0.182. The van der Waals surface area contributed by atoms with Gasteiger partial charge in [-0.15, -0.1) is 0 Å². The first-order chi connectivity index (χ1) is 15.4. The Morgan fingerprint density at radius 1 is 1.06 bits per heavy atom. The van der Waals surface area contributed by atoms with E-state index in [0.717, 1.165) is 34.6 Å². The smallest absolute Gasteiger partial charge is 0.416 e. The summed E-state index contributed by atoms with van der Waals surface area (Å²) in [4.78, 5) is -0.615. The molecule has 33 heavy (non-hydrogen) atoms. The molecule has 4 rings (SSSR count). The van der Waals surface area contributed by atoms with Gasteiger partial charge in [-0.3, -0.25) is 4.31 Å². The standard InChI is InChI=1S/C22H15ClF5NO3S/c1-12-7-15(24)11-17(20(12)23)13-8-18(25)21-19(9-13)29(5-6-32-21)33(30,31)16-4-2-3-14(10-16)22(26,27)28/h2-4,7-11H,5-6H2,1H3. The van der Waals surface area contributed by atoms with Gasteiger partial charge in [0.1, 0.15) is 12.4 Å². The number of hydrogen-bond donors (Lipinski definition) is 0. The molecule has 3 aromatic carbocycles. The van der Waals surface area contributed by atoms with E-state index in [2.05, 4.69) is 0 Å². The molecule has 0 radical (unpaired) electrons. The summed E-state index contributed by atoms with van der Waals surface area (Å²) in [6.07, 6.45) is -4.75. The number of halogens is 6. The third-order valence-corrected chi connectivity index (χ3v) is 7.42. The molecule has 0 saturated carbocycles. The molecule has 11 heteroatoms. The molecular formula is C22H15ClF5NO3S. The Balaban J connectivity index is 1.88. The Morgan fingerprint density at radius 2 is 1.79 bits per heavy atom. The fourth-order valence-corrected chi connectivity index (χ4v) is 5.27. The van der Waals surface area contributed by atoms with Gasteiger partial charge < -0.3 is 4.74 Å². The predicted octanol–water partition coefficient (Wildman–Crippen LogP) is 6.20. The van der Waals surface area contributed by atoms with Gasteiger partial charge in [-0.25, -0.2) is 17.2 Å². The maximum atomic E-state index is 14.9. The molecule has 1 heterocycles. The van der Waals surface area contributed by atoms with Gasteiger partial charge in [-0.2, -0.15) is 13.2 Å². The van der Waals surface area contributed by atoms with Gasteiger partial charge in [0.2, 0.25) is 0 Å². The minimum atomic E-state index is -4.75. The topological polar surface area (TPSA) is 46.6 Å². The van der Waals surface area contributed by atoms with Crippen LogP contribution in [0.4, 0.5) is 27.6 Å². The second kappa shape index (κ2) is 8.18. The zero-order valence-electron chi connectivity index (χ0n) is 16.9. The highest BCUT2D eigenvalue weighted by Crippen LogP contribution is 2.43. The number of anilines is 1. The van der Waals surface area contributed by atoms with Gasteiger partial charge in [0.05, 0.1) is 27.7 Å². The molecule has 3 aromatic rings. The normalized spacial score (nSPS) is 14.1. The molecule has 174 valence electrons. The zero-order valence-corrected chi connectivity index (χ0v) is 18.5. The lowest BCUT2D eigenvalue weighted by Crippen LogP contribution is -2.38. The van der Waals surface area contributed by atoms with Crippen molar-refractivity contribution in [2.24, 2.45) is 0 Å². The van der Waals surface area contributed by atoms with Crippen molar-refractivity contribution < 1.29 is 35.1 Å². The summed E-state index contributed by atoms with van der Waals surface area (Å²) in [5, 5.41) is 0.139. The Morgan fingerprint density at radius 3 is 2.48 bits per heavy atom. The van der Waals surface area contributed by atoms with Crippen molar-refractivity contribution in [1.29, 1.82) is 0 Å². The van der Waals surface area contributed by atoms with Gasteiger partial charge in [-0.1, -0.05) is 17.7 Å². The monoisotopic (exact) mass is 503 g/mol. The van der Waals surface area contributed by atoms with Gasteiger partial charge in [-0.05, 0) is 60.5 Å². The Labute approximate surface area is 191 Å². The van der Waals surface area contributed by atoms with Crippen molar-refractivity contribution in [2.75, 3.05) is 17.5 Å². The summed E-state index contributed by atoms with van der Waals surface area (Å²) in [7, 11) is -4.52. The summed E-state index contributed by atoms with van der Waals surface area (Å²) in [5.74, 6) is -1.94. The van der Waals surface area contributed by atoms with Crippen molar-refractivity contribution >= 4 is 27.3 Å². The predicted molar refractivity (Wildman–Crippen MR) is 113 cm³/mol. The molecule has 1 aliphatic heterocycles. The molecule has 0 atom stereocenters. The van der Waals surface area contributed by atoms with Crippen molar-refractivity contribution in [3.63, 3.8) is 0 Å². The third-order valence-electron chi connectivity index (χ3n) is 5.11. The second-order valence-corrected chi connectivity index (χ2v) is 9.58. The van der Waals surface area contributed by atoms with E-state index in [9.17, 15) is 30.4 Å². The second-order valence-electron chi connectivity index (χ2n) is 7.34. The van der Waals surface area contributed by atoms with Crippen LogP contribution in [0.25, 0.3) is 11.1 Å². The molecule has 0 fully saturated rings. The number of hydrogen-bond acceptors (Lipinski definition) is 3. The van der Waals surface area contributed by atoms with Gasteiger partial charge in [0, 0.05) is 5.56 Å². The minimum Gasteiger partial charge on any atom is -0.486 e. The van der Waals surface area contributed by atoms with E-state index >= 15 is 0 Å². The van der Waals surface area contributed by atoms with Crippen LogP contribution < -0.4 is 9.04 Å². The van der Waals surface area contributed by atoms with Crippen molar-refractivity contribution in [1.82, 2.24) is 0 Å². The minimum absolute atomic E-state index is 0.0774. The van der Waals surface area contributed by atoms with E-state index in [0.29, 0.717) is 11.6 Å². The lowest BCUT2D eigenvalue weighted by atomic mass is 10.0. The van der Waals surface area contributed by atoms with E-state index in [1.54, 1.807) is 6.92 Å². The molecule has 0 saturated heterocycles. The first-order valence-electron chi connectivity index (χ1n) is 9.52. The number of nitrogens with zero attached hydrogens (tertiary/aromatic N) is 1. The highest BCUT2D eigenvalue weighted by atomic mass is 35.5. The molecule has 0 spiro atoms. The van der Waals surface area contributed by atoms with Crippen LogP contribution >= 0.6 is 11.6 Å². The zero-order chi connectivity index (χ0) is 24.1. The summed E-state index contributed by atoms with van der Waals surface area (Å²) in [6.45, 7) is 1.06. The van der Waals surface area contributed by atoms with Crippen LogP contribution in [0.1, 0.15) is 11.1 Å². The Hall–Kier alpha value is -2.85. The fourth-order valence-electron chi connectivity index (χ4n) is 3.56. The molecule has 0 bridgehead atoms. The maximum absolute atomic E-state index is 14.9. The number of alkyl halides is 3. The average molecular weight is 504 g/mol. The van der Waals surface area contributed by atoms with Crippen LogP contribution in [0.15, 0.2) is 53.4 Å².